The molecule has 0 saturated heterocycles. The van der Waals surface area contributed by atoms with Crippen LogP contribution in [0.5, 0.6) is 0 Å². The number of aromatic amines is 2. The topological polar surface area (TPSA) is 74.4 Å². The summed E-state index contributed by atoms with van der Waals surface area (Å²) in [5.74, 6) is 0.163. The summed E-state index contributed by atoms with van der Waals surface area (Å²) >= 11 is 1.38. The third kappa shape index (κ3) is 2.03. The van der Waals surface area contributed by atoms with Gasteiger partial charge in [0.05, 0.1) is 17.1 Å². The summed E-state index contributed by atoms with van der Waals surface area (Å²) in [5.41, 5.74) is 2.04. The molecule has 0 saturated carbocycles. The molecule has 108 valence electrons. The highest BCUT2D eigenvalue weighted by Crippen LogP contribution is 2.31. The third-order valence-corrected chi connectivity index (χ3v) is 4.24. The number of rotatable bonds is 2. The lowest BCUT2D eigenvalue weighted by Crippen LogP contribution is -2.08. The smallest absolute Gasteiger partial charge is 0.260 e. The van der Waals surface area contributed by atoms with Crippen molar-refractivity contribution < 1.29 is 4.39 Å². The molecule has 4 rings (SSSR count). The summed E-state index contributed by atoms with van der Waals surface area (Å²) in [6.45, 7) is 0. The van der Waals surface area contributed by atoms with Crippen LogP contribution in [-0.2, 0) is 0 Å². The number of hydrogen-bond acceptors (Lipinski definition) is 4. The third-order valence-electron chi connectivity index (χ3n) is 3.37. The molecule has 0 radical (unpaired) electrons. The number of fused-ring (bicyclic) bond motifs is 1. The molecule has 5 nitrogen and oxygen atoms in total. The van der Waals surface area contributed by atoms with Crippen LogP contribution in [0, 0.1) is 5.82 Å². The van der Waals surface area contributed by atoms with Gasteiger partial charge in [0.15, 0.2) is 0 Å². The summed E-state index contributed by atoms with van der Waals surface area (Å²) < 4.78 is 13.0. The molecule has 0 unspecified atom stereocenters. The Bertz CT molecular complexity index is 1000. The average molecular weight is 312 g/mol. The van der Waals surface area contributed by atoms with E-state index in [2.05, 4.69) is 20.2 Å². The SMILES string of the molecule is O=c1[nH]c(-c2cn[nH]c2)nc2scc(-c3ccc(F)cc3)c12. The second-order valence-electron chi connectivity index (χ2n) is 4.74. The van der Waals surface area contributed by atoms with Gasteiger partial charge in [-0.2, -0.15) is 5.10 Å². The predicted octanol–water partition coefficient (Wildman–Crippen LogP) is 3.18. The van der Waals surface area contributed by atoms with Gasteiger partial charge in [-0.05, 0) is 17.7 Å². The van der Waals surface area contributed by atoms with Crippen molar-refractivity contribution in [3.63, 3.8) is 0 Å². The van der Waals surface area contributed by atoms with Crippen LogP contribution in [0.2, 0.25) is 0 Å². The fourth-order valence-corrected chi connectivity index (χ4v) is 3.26. The quantitative estimate of drug-likeness (QED) is 0.597. The molecule has 22 heavy (non-hydrogen) atoms. The Labute approximate surface area is 127 Å². The highest BCUT2D eigenvalue weighted by Gasteiger charge is 2.14. The van der Waals surface area contributed by atoms with Gasteiger partial charge >= 0.3 is 0 Å². The first-order chi connectivity index (χ1) is 10.7. The average Bonchev–Trinajstić information content (AvgIpc) is 3.17. The Hall–Kier alpha value is -2.80. The van der Waals surface area contributed by atoms with Gasteiger partial charge < -0.3 is 4.98 Å². The molecule has 0 aliphatic rings. The van der Waals surface area contributed by atoms with Crippen LogP contribution in [0.4, 0.5) is 4.39 Å². The Kier molecular flexibility index (Phi) is 2.87. The van der Waals surface area contributed by atoms with Crippen molar-refractivity contribution >= 4 is 21.6 Å². The predicted molar refractivity (Wildman–Crippen MR) is 83.2 cm³/mol. The summed E-state index contributed by atoms with van der Waals surface area (Å²) in [4.78, 5) is 20.3. The van der Waals surface area contributed by atoms with E-state index in [-0.39, 0.29) is 11.4 Å². The number of benzene rings is 1. The van der Waals surface area contributed by atoms with Crippen LogP contribution < -0.4 is 5.56 Å². The van der Waals surface area contributed by atoms with Gasteiger partial charge in [-0.25, -0.2) is 9.37 Å². The van der Waals surface area contributed by atoms with Crippen LogP contribution in [0.15, 0.2) is 46.8 Å². The molecule has 4 aromatic rings. The first kappa shape index (κ1) is 12.9. The number of aromatic nitrogens is 4. The van der Waals surface area contributed by atoms with Gasteiger partial charge in [0.25, 0.3) is 5.56 Å². The molecule has 0 atom stereocenters. The minimum Gasteiger partial charge on any atom is -0.306 e. The lowest BCUT2D eigenvalue weighted by atomic mass is 10.1. The second-order valence-corrected chi connectivity index (χ2v) is 5.60. The molecule has 0 amide bonds. The molecule has 0 aliphatic heterocycles. The molecule has 7 heteroatoms. The molecule has 1 aromatic carbocycles. The van der Waals surface area contributed by atoms with Crippen LogP contribution in [0.3, 0.4) is 0 Å². The van der Waals surface area contributed by atoms with Gasteiger partial charge in [0, 0.05) is 17.1 Å². The van der Waals surface area contributed by atoms with E-state index in [9.17, 15) is 9.18 Å². The van der Waals surface area contributed by atoms with Crippen LogP contribution in [0.25, 0.3) is 32.7 Å². The summed E-state index contributed by atoms with van der Waals surface area (Å²) in [6, 6.07) is 6.06. The number of H-pyrrole nitrogens is 2. The maximum absolute atomic E-state index is 13.0. The Morgan fingerprint density at radius 2 is 1.95 bits per heavy atom. The Balaban J connectivity index is 1.93. The van der Waals surface area contributed by atoms with Crippen molar-refractivity contribution in [3.8, 4) is 22.5 Å². The van der Waals surface area contributed by atoms with Gasteiger partial charge in [0.1, 0.15) is 16.5 Å². The van der Waals surface area contributed by atoms with E-state index in [0.717, 1.165) is 16.7 Å². The highest BCUT2D eigenvalue weighted by atomic mass is 32.1. The van der Waals surface area contributed by atoms with Gasteiger partial charge in [-0.15, -0.1) is 11.3 Å². The number of thiophene rings is 1. The van der Waals surface area contributed by atoms with Gasteiger partial charge in [-0.1, -0.05) is 12.1 Å². The molecule has 3 aromatic heterocycles. The molecule has 0 aliphatic carbocycles. The molecule has 2 N–H and O–H groups in total. The molecule has 3 heterocycles. The Morgan fingerprint density at radius 3 is 2.68 bits per heavy atom. The van der Waals surface area contributed by atoms with Crippen molar-refractivity contribution in [2.75, 3.05) is 0 Å². The van der Waals surface area contributed by atoms with E-state index in [1.807, 2.05) is 5.38 Å². The van der Waals surface area contributed by atoms with E-state index >= 15 is 0 Å². The minimum absolute atomic E-state index is 0.221. The summed E-state index contributed by atoms with van der Waals surface area (Å²) in [6.07, 6.45) is 3.26. The van der Waals surface area contributed by atoms with Gasteiger partial charge in [0.2, 0.25) is 0 Å². The largest absolute Gasteiger partial charge is 0.306 e. The lowest BCUT2D eigenvalue weighted by Gasteiger charge is -2.00. The van der Waals surface area contributed by atoms with E-state index in [0.29, 0.717) is 16.0 Å². The molecule has 0 bridgehead atoms. The van der Waals surface area contributed by atoms with Crippen molar-refractivity contribution in [2.45, 2.75) is 0 Å². The zero-order valence-corrected chi connectivity index (χ0v) is 11.9. The van der Waals surface area contributed by atoms with E-state index in [1.54, 1.807) is 24.5 Å². The highest BCUT2D eigenvalue weighted by molar-refractivity contribution is 7.17. The van der Waals surface area contributed by atoms with Crippen LogP contribution in [-0.4, -0.2) is 20.2 Å². The van der Waals surface area contributed by atoms with Crippen LogP contribution in [0.1, 0.15) is 0 Å². The maximum atomic E-state index is 13.0. The fraction of sp³-hybridized carbons (Fsp3) is 0. The summed E-state index contributed by atoms with van der Waals surface area (Å²) in [7, 11) is 0. The van der Waals surface area contributed by atoms with Crippen molar-refractivity contribution in [1.82, 2.24) is 20.2 Å². The van der Waals surface area contributed by atoms with Crippen molar-refractivity contribution in [3.05, 3.63) is 58.2 Å². The number of hydrogen-bond donors (Lipinski definition) is 2. The first-order valence-electron chi connectivity index (χ1n) is 6.49. The van der Waals surface area contributed by atoms with Crippen molar-refractivity contribution in [1.29, 1.82) is 0 Å². The zero-order valence-electron chi connectivity index (χ0n) is 11.1. The molecule has 0 fully saturated rings. The lowest BCUT2D eigenvalue weighted by molar-refractivity contribution is 0.628. The van der Waals surface area contributed by atoms with E-state index in [1.165, 1.54) is 23.5 Å². The molecular formula is C15H9FN4OS. The number of halogens is 1. The van der Waals surface area contributed by atoms with Gasteiger partial charge in [-0.3, -0.25) is 9.89 Å². The maximum Gasteiger partial charge on any atom is 0.260 e. The normalized spacial score (nSPS) is 11.1. The molecular weight excluding hydrogens is 303 g/mol. The zero-order chi connectivity index (χ0) is 15.1. The molecule has 0 spiro atoms. The number of nitrogens with zero attached hydrogens (tertiary/aromatic N) is 2. The second kappa shape index (κ2) is 4.88. The van der Waals surface area contributed by atoms with E-state index < -0.39 is 0 Å². The van der Waals surface area contributed by atoms with Crippen LogP contribution >= 0.6 is 11.3 Å². The monoisotopic (exact) mass is 312 g/mol. The summed E-state index contributed by atoms with van der Waals surface area (Å²) in [5, 5.41) is 8.92. The fourth-order valence-electron chi connectivity index (χ4n) is 2.31. The Morgan fingerprint density at radius 1 is 1.14 bits per heavy atom. The number of nitrogens with one attached hydrogen (secondary N) is 2. The van der Waals surface area contributed by atoms with E-state index in [4.69, 9.17) is 0 Å². The van der Waals surface area contributed by atoms with Crippen molar-refractivity contribution in [2.24, 2.45) is 0 Å². The minimum atomic E-state index is -0.308. The first-order valence-corrected chi connectivity index (χ1v) is 7.37. The standard InChI is InChI=1S/C15H9FN4OS/c16-10-3-1-8(2-4-10)11-7-22-15-12(11)14(21)19-13(20-15)9-5-17-18-6-9/h1-7H,(H,17,18)(H,19,20,21).